The van der Waals surface area contributed by atoms with Gasteiger partial charge in [-0.1, -0.05) is 46.3 Å². The summed E-state index contributed by atoms with van der Waals surface area (Å²) in [6, 6.07) is 15.4. The molecule has 0 aliphatic carbocycles. The number of anilines is 1. The Balaban J connectivity index is 1.69. The molecule has 0 aliphatic rings. The first-order valence-electron chi connectivity index (χ1n) is 9.04. The number of aryl methyl sites for hydroxylation is 2. The Morgan fingerprint density at radius 2 is 1.93 bits per heavy atom. The van der Waals surface area contributed by atoms with E-state index in [0.717, 1.165) is 21.3 Å². The molecule has 7 heteroatoms. The molecule has 146 valence electrons. The Hall–Kier alpha value is -2.77. The van der Waals surface area contributed by atoms with Gasteiger partial charge in [0, 0.05) is 10.2 Å². The summed E-state index contributed by atoms with van der Waals surface area (Å²) >= 11 is 4.67. The number of nitrogens with one attached hydrogen (secondary N) is 1. The number of aromatic nitrogens is 2. The van der Waals surface area contributed by atoms with E-state index in [2.05, 4.69) is 26.2 Å². The van der Waals surface area contributed by atoms with Crippen molar-refractivity contribution in [1.29, 1.82) is 0 Å². The van der Waals surface area contributed by atoms with Crippen LogP contribution in [0.3, 0.4) is 0 Å². The number of hydrogen-bond donors (Lipinski definition) is 1. The molecule has 0 unspecified atom stereocenters. The minimum atomic E-state index is -0.232. The van der Waals surface area contributed by atoms with Gasteiger partial charge in [0.05, 0.1) is 23.1 Å². The fraction of sp³-hybridized carbons (Fsp3) is 0.136. The molecule has 1 N–H and O–H groups in total. The number of amides is 1. The maximum atomic E-state index is 13.0. The number of halogens is 1. The second-order valence-corrected chi connectivity index (χ2v) is 8.73. The SMILES string of the molecule is Cc1cc(Br)ccc1NC(=O)c1sc2ncn(Cc3ccccc3)c(=O)c2c1C. The maximum Gasteiger partial charge on any atom is 0.266 e. The third-order valence-electron chi connectivity index (χ3n) is 4.76. The van der Waals surface area contributed by atoms with Crippen molar-refractivity contribution in [2.75, 3.05) is 5.32 Å². The second kappa shape index (κ2) is 7.93. The lowest BCUT2D eigenvalue weighted by molar-refractivity contribution is 0.103. The molecule has 0 radical (unpaired) electrons. The van der Waals surface area contributed by atoms with Gasteiger partial charge in [-0.25, -0.2) is 4.98 Å². The summed E-state index contributed by atoms with van der Waals surface area (Å²) in [5.74, 6) is -0.232. The van der Waals surface area contributed by atoms with Gasteiger partial charge in [-0.3, -0.25) is 14.2 Å². The normalized spacial score (nSPS) is 11.0. The van der Waals surface area contributed by atoms with Gasteiger partial charge < -0.3 is 5.32 Å². The number of carbonyl (C=O) groups excluding carboxylic acids is 1. The molecule has 2 aromatic carbocycles. The molecule has 0 saturated heterocycles. The number of rotatable bonds is 4. The third-order valence-corrected chi connectivity index (χ3v) is 6.45. The van der Waals surface area contributed by atoms with Crippen LogP contribution in [-0.4, -0.2) is 15.5 Å². The largest absolute Gasteiger partial charge is 0.321 e. The summed E-state index contributed by atoms with van der Waals surface area (Å²) in [4.78, 5) is 31.4. The molecule has 0 atom stereocenters. The van der Waals surface area contributed by atoms with E-state index in [0.29, 0.717) is 27.2 Å². The molecular weight excluding hydrogens is 450 g/mol. The van der Waals surface area contributed by atoms with Crippen LogP contribution < -0.4 is 10.9 Å². The molecule has 5 nitrogen and oxygen atoms in total. The van der Waals surface area contributed by atoms with E-state index >= 15 is 0 Å². The number of nitrogens with zero attached hydrogens (tertiary/aromatic N) is 2. The number of hydrogen-bond acceptors (Lipinski definition) is 4. The highest BCUT2D eigenvalue weighted by atomic mass is 79.9. The van der Waals surface area contributed by atoms with Crippen molar-refractivity contribution in [3.8, 4) is 0 Å². The van der Waals surface area contributed by atoms with E-state index < -0.39 is 0 Å². The highest BCUT2D eigenvalue weighted by Crippen LogP contribution is 2.28. The van der Waals surface area contributed by atoms with Gasteiger partial charge in [0.2, 0.25) is 0 Å². The summed E-state index contributed by atoms with van der Waals surface area (Å²) in [5, 5.41) is 3.45. The summed E-state index contributed by atoms with van der Waals surface area (Å²) in [6.45, 7) is 4.18. The molecule has 2 heterocycles. The van der Waals surface area contributed by atoms with Crippen LogP contribution in [0.25, 0.3) is 10.2 Å². The zero-order valence-corrected chi connectivity index (χ0v) is 18.3. The average molecular weight is 468 g/mol. The zero-order chi connectivity index (χ0) is 20.5. The molecule has 1 amide bonds. The van der Waals surface area contributed by atoms with E-state index in [-0.39, 0.29) is 11.5 Å². The highest BCUT2D eigenvalue weighted by Gasteiger charge is 2.20. The standard InChI is InChI=1S/C22H18BrN3O2S/c1-13-10-16(23)8-9-17(13)25-20(27)19-14(2)18-21(29-19)24-12-26(22(18)28)11-15-6-4-3-5-7-15/h3-10,12H,11H2,1-2H3,(H,25,27). The highest BCUT2D eigenvalue weighted by molar-refractivity contribution is 9.10. The van der Waals surface area contributed by atoms with E-state index in [1.807, 2.05) is 55.5 Å². The van der Waals surface area contributed by atoms with E-state index in [1.54, 1.807) is 17.8 Å². The molecule has 0 fully saturated rings. The summed E-state index contributed by atoms with van der Waals surface area (Å²) in [5.41, 5.74) is 3.25. The molecule has 0 bridgehead atoms. The first kappa shape index (κ1) is 19.5. The van der Waals surface area contributed by atoms with Crippen LogP contribution in [-0.2, 0) is 6.54 Å². The summed E-state index contributed by atoms with van der Waals surface area (Å²) in [6.07, 6.45) is 1.55. The third kappa shape index (κ3) is 3.88. The Bertz CT molecular complexity index is 1280. The smallest absolute Gasteiger partial charge is 0.266 e. The molecule has 2 aromatic heterocycles. The molecule has 29 heavy (non-hydrogen) atoms. The van der Waals surface area contributed by atoms with Gasteiger partial charge in [-0.05, 0) is 48.7 Å². The van der Waals surface area contributed by atoms with Crippen molar-refractivity contribution in [2.45, 2.75) is 20.4 Å². The van der Waals surface area contributed by atoms with Crippen LogP contribution in [0, 0.1) is 13.8 Å². The van der Waals surface area contributed by atoms with Gasteiger partial charge in [-0.15, -0.1) is 11.3 Å². The zero-order valence-electron chi connectivity index (χ0n) is 15.9. The van der Waals surface area contributed by atoms with E-state index in [1.165, 1.54) is 11.3 Å². The monoisotopic (exact) mass is 467 g/mol. The van der Waals surface area contributed by atoms with Gasteiger partial charge in [0.1, 0.15) is 4.83 Å². The first-order chi connectivity index (χ1) is 13.9. The first-order valence-corrected chi connectivity index (χ1v) is 10.6. The number of fused-ring (bicyclic) bond motifs is 1. The molecule has 0 aliphatic heterocycles. The van der Waals surface area contributed by atoms with Crippen molar-refractivity contribution in [1.82, 2.24) is 9.55 Å². The van der Waals surface area contributed by atoms with Crippen LogP contribution in [0.1, 0.15) is 26.4 Å². The number of benzene rings is 2. The quantitative estimate of drug-likeness (QED) is 0.451. The summed E-state index contributed by atoms with van der Waals surface area (Å²) in [7, 11) is 0. The Morgan fingerprint density at radius 3 is 2.66 bits per heavy atom. The maximum absolute atomic E-state index is 13.0. The average Bonchev–Trinajstić information content (AvgIpc) is 3.04. The fourth-order valence-corrected chi connectivity index (χ4v) is 4.73. The van der Waals surface area contributed by atoms with Crippen LogP contribution in [0.4, 0.5) is 5.69 Å². The predicted molar refractivity (Wildman–Crippen MR) is 121 cm³/mol. The Kier molecular flexibility index (Phi) is 5.34. The van der Waals surface area contributed by atoms with Crippen molar-refractivity contribution >= 4 is 49.1 Å². The number of thiophene rings is 1. The van der Waals surface area contributed by atoms with Crippen molar-refractivity contribution in [3.63, 3.8) is 0 Å². The van der Waals surface area contributed by atoms with E-state index in [4.69, 9.17) is 0 Å². The molecular formula is C22H18BrN3O2S. The van der Waals surface area contributed by atoms with Crippen LogP contribution >= 0.6 is 27.3 Å². The van der Waals surface area contributed by atoms with Crippen molar-refractivity contribution < 1.29 is 4.79 Å². The predicted octanol–water partition coefficient (Wildman–Crippen LogP) is 5.14. The van der Waals surface area contributed by atoms with E-state index in [9.17, 15) is 9.59 Å². The van der Waals surface area contributed by atoms with Crippen LogP contribution in [0.15, 0.2) is 64.1 Å². The summed E-state index contributed by atoms with van der Waals surface area (Å²) < 4.78 is 2.53. The minimum Gasteiger partial charge on any atom is -0.321 e. The lowest BCUT2D eigenvalue weighted by atomic mass is 10.1. The molecule has 4 aromatic rings. The van der Waals surface area contributed by atoms with Crippen LogP contribution in [0.2, 0.25) is 0 Å². The lowest BCUT2D eigenvalue weighted by Gasteiger charge is -2.08. The van der Waals surface area contributed by atoms with Crippen molar-refractivity contribution in [2.24, 2.45) is 0 Å². The minimum absolute atomic E-state index is 0.133. The second-order valence-electron chi connectivity index (χ2n) is 6.81. The Labute approximate surface area is 180 Å². The molecule has 0 saturated carbocycles. The van der Waals surface area contributed by atoms with Gasteiger partial charge in [-0.2, -0.15) is 0 Å². The van der Waals surface area contributed by atoms with Crippen LogP contribution in [0.5, 0.6) is 0 Å². The van der Waals surface area contributed by atoms with Gasteiger partial charge in [0.15, 0.2) is 0 Å². The molecule has 4 rings (SSSR count). The lowest BCUT2D eigenvalue weighted by Crippen LogP contribution is -2.21. The number of carbonyl (C=O) groups is 1. The topological polar surface area (TPSA) is 64.0 Å². The fourth-order valence-electron chi connectivity index (χ4n) is 3.21. The van der Waals surface area contributed by atoms with Gasteiger partial charge in [0.25, 0.3) is 11.5 Å². The van der Waals surface area contributed by atoms with Gasteiger partial charge >= 0.3 is 0 Å². The Morgan fingerprint density at radius 1 is 1.17 bits per heavy atom. The van der Waals surface area contributed by atoms with Crippen molar-refractivity contribution in [3.05, 3.63) is 91.3 Å². The molecule has 0 spiro atoms.